The van der Waals surface area contributed by atoms with E-state index < -0.39 is 0 Å². The van der Waals surface area contributed by atoms with Gasteiger partial charge < -0.3 is 14.2 Å². The highest BCUT2D eigenvalue weighted by Crippen LogP contribution is 2.12. The lowest BCUT2D eigenvalue weighted by Gasteiger charge is -2.26. The Labute approximate surface area is 137 Å². The van der Waals surface area contributed by atoms with Crippen LogP contribution in [0, 0.1) is 0 Å². The maximum atomic E-state index is 11.4. The number of nitrogens with zero attached hydrogens (tertiary/aromatic N) is 1. The van der Waals surface area contributed by atoms with Crippen LogP contribution in [0.4, 0.5) is 0 Å². The third kappa shape index (κ3) is 6.52. The second-order valence-corrected chi connectivity index (χ2v) is 5.29. The van der Waals surface area contributed by atoms with Crippen molar-refractivity contribution in [2.24, 2.45) is 0 Å². The molecule has 5 heteroatoms. The largest absolute Gasteiger partial charge is 0.463 e. The summed E-state index contributed by atoms with van der Waals surface area (Å²) in [5, 5.41) is 0. The standard InChI is InChI=1S/C18H25NO4/c1-2-23-18(20)8-7-16-5-3-4-6-17(16)15-22-14-11-19-9-12-21-13-10-19/h3-8H,2,9-15H2,1H3. The highest BCUT2D eigenvalue weighted by Gasteiger charge is 2.09. The van der Waals surface area contributed by atoms with Crippen molar-refractivity contribution in [2.75, 3.05) is 46.1 Å². The molecule has 0 bridgehead atoms. The van der Waals surface area contributed by atoms with Gasteiger partial charge in [0.05, 0.1) is 33.0 Å². The van der Waals surface area contributed by atoms with Crippen molar-refractivity contribution in [1.29, 1.82) is 0 Å². The first-order valence-electron chi connectivity index (χ1n) is 8.10. The third-order valence-electron chi connectivity index (χ3n) is 3.65. The minimum absolute atomic E-state index is 0.324. The van der Waals surface area contributed by atoms with Gasteiger partial charge in [0.1, 0.15) is 0 Å². The number of esters is 1. The molecular weight excluding hydrogens is 294 g/mol. The maximum absolute atomic E-state index is 11.4. The molecule has 1 fully saturated rings. The molecule has 0 aliphatic carbocycles. The minimum atomic E-state index is -0.324. The van der Waals surface area contributed by atoms with Gasteiger partial charge >= 0.3 is 5.97 Å². The van der Waals surface area contributed by atoms with Crippen LogP contribution < -0.4 is 0 Å². The van der Waals surface area contributed by atoms with Crippen molar-refractivity contribution in [3.63, 3.8) is 0 Å². The first-order chi connectivity index (χ1) is 11.3. The molecule has 1 aromatic carbocycles. The smallest absolute Gasteiger partial charge is 0.330 e. The van der Waals surface area contributed by atoms with E-state index in [-0.39, 0.29) is 5.97 Å². The lowest BCUT2D eigenvalue weighted by Crippen LogP contribution is -2.38. The third-order valence-corrected chi connectivity index (χ3v) is 3.65. The van der Waals surface area contributed by atoms with Crippen molar-refractivity contribution in [3.05, 3.63) is 41.5 Å². The van der Waals surface area contributed by atoms with Gasteiger partial charge in [-0.1, -0.05) is 24.3 Å². The Kier molecular flexibility index (Phi) is 7.80. The number of ether oxygens (including phenoxy) is 3. The van der Waals surface area contributed by atoms with Gasteiger partial charge in [0, 0.05) is 25.7 Å². The zero-order chi connectivity index (χ0) is 16.3. The molecule has 1 saturated heterocycles. The summed E-state index contributed by atoms with van der Waals surface area (Å²) in [5.41, 5.74) is 2.04. The highest BCUT2D eigenvalue weighted by atomic mass is 16.5. The van der Waals surface area contributed by atoms with Crippen LogP contribution in [0.1, 0.15) is 18.1 Å². The summed E-state index contributed by atoms with van der Waals surface area (Å²) < 4.78 is 16.0. The Balaban J connectivity index is 1.79. The average Bonchev–Trinajstić information content (AvgIpc) is 2.59. The molecule has 23 heavy (non-hydrogen) atoms. The summed E-state index contributed by atoms with van der Waals surface area (Å²) in [4.78, 5) is 13.8. The van der Waals surface area contributed by atoms with E-state index in [0.29, 0.717) is 19.8 Å². The molecule has 0 amide bonds. The van der Waals surface area contributed by atoms with E-state index in [1.165, 1.54) is 6.08 Å². The molecule has 126 valence electrons. The van der Waals surface area contributed by atoms with E-state index in [4.69, 9.17) is 14.2 Å². The predicted molar refractivity (Wildman–Crippen MR) is 89.0 cm³/mol. The zero-order valence-electron chi connectivity index (χ0n) is 13.7. The van der Waals surface area contributed by atoms with Crippen molar-refractivity contribution < 1.29 is 19.0 Å². The van der Waals surface area contributed by atoms with Gasteiger partial charge in [0.25, 0.3) is 0 Å². The minimum Gasteiger partial charge on any atom is -0.463 e. The number of morpholine rings is 1. The van der Waals surface area contributed by atoms with E-state index in [0.717, 1.165) is 44.0 Å². The summed E-state index contributed by atoms with van der Waals surface area (Å²) in [7, 11) is 0. The predicted octanol–water partition coefficient (Wildman–Crippen LogP) is 2.11. The van der Waals surface area contributed by atoms with Crippen LogP contribution in [-0.2, 0) is 25.6 Å². The number of hydrogen-bond donors (Lipinski definition) is 0. The van der Waals surface area contributed by atoms with Gasteiger partial charge in [-0.2, -0.15) is 0 Å². The number of carbonyl (C=O) groups is 1. The SMILES string of the molecule is CCOC(=O)C=Cc1ccccc1COCCN1CCOCC1. The van der Waals surface area contributed by atoms with Crippen LogP contribution >= 0.6 is 0 Å². The number of rotatable bonds is 8. The number of hydrogen-bond acceptors (Lipinski definition) is 5. The van der Waals surface area contributed by atoms with Crippen molar-refractivity contribution in [1.82, 2.24) is 4.90 Å². The lowest BCUT2D eigenvalue weighted by atomic mass is 10.1. The Morgan fingerprint density at radius 3 is 2.87 bits per heavy atom. The fraction of sp³-hybridized carbons (Fsp3) is 0.500. The van der Waals surface area contributed by atoms with E-state index in [1.54, 1.807) is 13.0 Å². The lowest BCUT2D eigenvalue weighted by molar-refractivity contribution is -0.137. The van der Waals surface area contributed by atoms with Gasteiger partial charge in [-0.3, -0.25) is 4.90 Å². The fourth-order valence-electron chi connectivity index (χ4n) is 2.38. The van der Waals surface area contributed by atoms with Crippen LogP contribution in [-0.4, -0.2) is 56.9 Å². The molecule has 0 aromatic heterocycles. The van der Waals surface area contributed by atoms with Crippen LogP contribution in [0.3, 0.4) is 0 Å². The summed E-state index contributed by atoms with van der Waals surface area (Å²) in [6.45, 7) is 7.89. The van der Waals surface area contributed by atoms with E-state index in [9.17, 15) is 4.79 Å². The molecule has 0 saturated carbocycles. The van der Waals surface area contributed by atoms with E-state index in [1.807, 2.05) is 24.3 Å². The van der Waals surface area contributed by atoms with Crippen LogP contribution in [0.2, 0.25) is 0 Å². The molecular formula is C18H25NO4. The van der Waals surface area contributed by atoms with Gasteiger partial charge in [0.15, 0.2) is 0 Å². The van der Waals surface area contributed by atoms with Crippen molar-refractivity contribution in [2.45, 2.75) is 13.5 Å². The Morgan fingerprint density at radius 2 is 2.09 bits per heavy atom. The van der Waals surface area contributed by atoms with Gasteiger partial charge in [-0.25, -0.2) is 4.79 Å². The topological polar surface area (TPSA) is 48.0 Å². The summed E-state index contributed by atoms with van der Waals surface area (Å²) in [6, 6.07) is 7.90. The van der Waals surface area contributed by atoms with Gasteiger partial charge in [-0.05, 0) is 24.1 Å². The molecule has 0 unspecified atom stereocenters. The monoisotopic (exact) mass is 319 g/mol. The molecule has 5 nitrogen and oxygen atoms in total. The quantitative estimate of drug-likeness (QED) is 0.417. The summed E-state index contributed by atoms with van der Waals surface area (Å²) >= 11 is 0. The maximum Gasteiger partial charge on any atom is 0.330 e. The number of carbonyl (C=O) groups excluding carboxylic acids is 1. The van der Waals surface area contributed by atoms with Gasteiger partial charge in [0.2, 0.25) is 0 Å². The molecule has 0 N–H and O–H groups in total. The normalized spacial score (nSPS) is 15.9. The Hall–Kier alpha value is -1.69. The molecule has 0 spiro atoms. The Morgan fingerprint density at radius 1 is 1.30 bits per heavy atom. The van der Waals surface area contributed by atoms with Gasteiger partial charge in [-0.15, -0.1) is 0 Å². The fourth-order valence-corrected chi connectivity index (χ4v) is 2.38. The van der Waals surface area contributed by atoms with Crippen molar-refractivity contribution >= 4 is 12.0 Å². The zero-order valence-corrected chi connectivity index (χ0v) is 13.7. The van der Waals surface area contributed by atoms with Crippen LogP contribution in [0.25, 0.3) is 6.08 Å². The molecule has 1 heterocycles. The second kappa shape index (κ2) is 10.2. The van der Waals surface area contributed by atoms with Crippen molar-refractivity contribution in [3.8, 4) is 0 Å². The second-order valence-electron chi connectivity index (χ2n) is 5.29. The Bertz CT molecular complexity index is 509. The molecule has 1 aliphatic heterocycles. The molecule has 2 rings (SSSR count). The molecule has 0 atom stereocenters. The molecule has 0 radical (unpaired) electrons. The van der Waals surface area contributed by atoms with E-state index in [2.05, 4.69) is 4.90 Å². The summed E-state index contributed by atoms with van der Waals surface area (Å²) in [5.74, 6) is -0.324. The summed E-state index contributed by atoms with van der Waals surface area (Å²) in [6.07, 6.45) is 3.23. The van der Waals surface area contributed by atoms with Crippen LogP contribution in [0.5, 0.6) is 0 Å². The highest BCUT2D eigenvalue weighted by molar-refractivity contribution is 5.87. The molecule has 1 aliphatic rings. The van der Waals surface area contributed by atoms with Crippen LogP contribution in [0.15, 0.2) is 30.3 Å². The first-order valence-corrected chi connectivity index (χ1v) is 8.10. The number of benzene rings is 1. The molecule has 1 aromatic rings. The van der Waals surface area contributed by atoms with E-state index >= 15 is 0 Å². The first kappa shape index (κ1) is 17.7. The average molecular weight is 319 g/mol.